The van der Waals surface area contributed by atoms with E-state index in [4.69, 9.17) is 4.74 Å². The first-order valence-corrected chi connectivity index (χ1v) is 8.25. The van der Waals surface area contributed by atoms with Gasteiger partial charge in [0, 0.05) is 18.4 Å². The summed E-state index contributed by atoms with van der Waals surface area (Å²) in [6.07, 6.45) is 2.40. The van der Waals surface area contributed by atoms with E-state index in [0.29, 0.717) is 24.3 Å². The monoisotopic (exact) mass is 326 g/mol. The van der Waals surface area contributed by atoms with Gasteiger partial charge in [-0.2, -0.15) is 0 Å². The third kappa shape index (κ3) is 3.18. The van der Waals surface area contributed by atoms with Crippen molar-refractivity contribution < 1.29 is 14.6 Å². The highest BCUT2D eigenvalue weighted by atomic mass is 16.5. The van der Waals surface area contributed by atoms with Crippen LogP contribution in [0.5, 0.6) is 5.75 Å². The number of rotatable bonds is 6. The molecule has 0 radical (unpaired) electrons. The average molecular weight is 326 g/mol. The van der Waals surface area contributed by atoms with Gasteiger partial charge in [0.2, 0.25) is 0 Å². The van der Waals surface area contributed by atoms with Crippen LogP contribution in [0.2, 0.25) is 0 Å². The lowest BCUT2D eigenvalue weighted by molar-refractivity contribution is 0.0295. The molecule has 1 aromatic heterocycles. The van der Waals surface area contributed by atoms with Gasteiger partial charge in [-0.15, -0.1) is 6.58 Å². The number of aliphatic hydroxyl groups is 1. The number of aryl methyl sites for hydroxylation is 1. The largest absolute Gasteiger partial charge is 0.471 e. The molecule has 1 aliphatic rings. The van der Waals surface area contributed by atoms with Crippen LogP contribution in [-0.2, 0) is 6.42 Å². The quantitative estimate of drug-likeness (QED) is 0.631. The summed E-state index contributed by atoms with van der Waals surface area (Å²) < 4.78 is 6.09. The molecular weight excluding hydrogens is 304 g/mol. The Hall–Kier alpha value is -2.24. The van der Waals surface area contributed by atoms with Gasteiger partial charge in [0.25, 0.3) is 0 Å². The highest BCUT2D eigenvalue weighted by Crippen LogP contribution is 2.35. The standard InChI is InChI=1S/C19H22N2O3/c1-3-11-20-19(12(2)22)24-18-13-7-4-5-8-14(13)21-15-9-6-10-16(23)17(15)18/h3-5,7-8,12,19-20,22H,1,6,9-11H2,2H3. The van der Waals surface area contributed by atoms with Gasteiger partial charge in [0.1, 0.15) is 11.9 Å². The van der Waals surface area contributed by atoms with Gasteiger partial charge in [-0.05, 0) is 31.9 Å². The Kier molecular flexibility index (Phi) is 4.92. The summed E-state index contributed by atoms with van der Waals surface area (Å²) in [5, 5.41) is 13.9. The van der Waals surface area contributed by atoms with Crippen LogP contribution < -0.4 is 10.1 Å². The van der Waals surface area contributed by atoms with Crippen LogP contribution in [0.1, 0.15) is 35.8 Å². The molecule has 1 heterocycles. The first-order chi connectivity index (χ1) is 11.6. The molecule has 0 fully saturated rings. The Morgan fingerprint density at radius 3 is 2.96 bits per heavy atom. The van der Waals surface area contributed by atoms with E-state index in [0.717, 1.165) is 29.4 Å². The molecule has 0 aliphatic heterocycles. The van der Waals surface area contributed by atoms with Crippen molar-refractivity contribution in [1.82, 2.24) is 10.3 Å². The molecule has 0 amide bonds. The molecule has 3 rings (SSSR count). The highest BCUT2D eigenvalue weighted by molar-refractivity contribution is 6.05. The number of carbonyl (C=O) groups excluding carboxylic acids is 1. The number of hydrogen-bond acceptors (Lipinski definition) is 5. The number of hydrogen-bond donors (Lipinski definition) is 2. The molecule has 2 aromatic rings. The Morgan fingerprint density at radius 2 is 2.21 bits per heavy atom. The van der Waals surface area contributed by atoms with Gasteiger partial charge >= 0.3 is 0 Å². The van der Waals surface area contributed by atoms with Crippen LogP contribution in [0.25, 0.3) is 10.9 Å². The molecule has 5 nitrogen and oxygen atoms in total. The minimum Gasteiger partial charge on any atom is -0.471 e. The second kappa shape index (κ2) is 7.11. The normalized spacial score (nSPS) is 16.5. The third-order valence-electron chi connectivity index (χ3n) is 4.16. The number of para-hydroxylation sites is 1. The summed E-state index contributed by atoms with van der Waals surface area (Å²) in [5.74, 6) is 0.570. The molecule has 24 heavy (non-hydrogen) atoms. The molecule has 0 bridgehead atoms. The number of benzene rings is 1. The summed E-state index contributed by atoms with van der Waals surface area (Å²) in [4.78, 5) is 17.1. The van der Waals surface area contributed by atoms with E-state index in [2.05, 4.69) is 16.9 Å². The molecule has 0 saturated carbocycles. The van der Waals surface area contributed by atoms with E-state index in [1.165, 1.54) is 0 Å². The highest BCUT2D eigenvalue weighted by Gasteiger charge is 2.28. The third-order valence-corrected chi connectivity index (χ3v) is 4.16. The number of ketones is 1. The van der Waals surface area contributed by atoms with Crippen LogP contribution in [0.15, 0.2) is 36.9 Å². The number of carbonyl (C=O) groups is 1. The first kappa shape index (κ1) is 16.6. The number of aliphatic hydroxyl groups excluding tert-OH is 1. The van der Waals surface area contributed by atoms with Crippen molar-refractivity contribution in [3.63, 3.8) is 0 Å². The number of ether oxygens (including phenoxy) is 1. The zero-order valence-electron chi connectivity index (χ0n) is 13.8. The van der Waals surface area contributed by atoms with Gasteiger partial charge < -0.3 is 9.84 Å². The maximum atomic E-state index is 12.5. The lowest BCUT2D eigenvalue weighted by Gasteiger charge is -2.26. The van der Waals surface area contributed by atoms with Gasteiger partial charge in [0.15, 0.2) is 12.0 Å². The van der Waals surface area contributed by atoms with E-state index in [1.807, 2.05) is 24.3 Å². The zero-order valence-corrected chi connectivity index (χ0v) is 13.8. The van der Waals surface area contributed by atoms with Crippen LogP contribution in [0, 0.1) is 0 Å². The van der Waals surface area contributed by atoms with Gasteiger partial charge in [-0.3, -0.25) is 15.1 Å². The van der Waals surface area contributed by atoms with Crippen LogP contribution in [0.3, 0.4) is 0 Å². The number of nitrogens with zero attached hydrogens (tertiary/aromatic N) is 1. The number of aromatic nitrogens is 1. The SMILES string of the molecule is C=CCNC(Oc1c2c(nc3ccccc13)CCCC2=O)C(C)O. The van der Waals surface area contributed by atoms with Crippen LogP contribution >= 0.6 is 0 Å². The van der Waals surface area contributed by atoms with Gasteiger partial charge in [-0.1, -0.05) is 18.2 Å². The van der Waals surface area contributed by atoms with Crippen LogP contribution in [0.4, 0.5) is 0 Å². The average Bonchev–Trinajstić information content (AvgIpc) is 2.57. The van der Waals surface area contributed by atoms with E-state index in [-0.39, 0.29) is 5.78 Å². The van der Waals surface area contributed by atoms with Crippen molar-refractivity contribution in [2.75, 3.05) is 6.54 Å². The number of pyridine rings is 1. The van der Waals surface area contributed by atoms with E-state index in [9.17, 15) is 9.90 Å². The van der Waals surface area contributed by atoms with E-state index in [1.54, 1.807) is 13.0 Å². The minimum atomic E-state index is -0.744. The Labute approximate surface area is 141 Å². The number of Topliss-reactive ketones (excluding diaryl/α,β-unsaturated/α-hetero) is 1. The summed E-state index contributed by atoms with van der Waals surface area (Å²) >= 11 is 0. The summed E-state index contributed by atoms with van der Waals surface area (Å²) in [6.45, 7) is 5.81. The Bertz CT molecular complexity index is 771. The number of fused-ring (bicyclic) bond motifs is 2. The molecule has 0 spiro atoms. The predicted octanol–water partition coefficient (Wildman–Crippen LogP) is 2.62. The lowest BCUT2D eigenvalue weighted by Crippen LogP contribution is -2.43. The molecule has 2 unspecified atom stereocenters. The topological polar surface area (TPSA) is 71.5 Å². The molecule has 0 saturated heterocycles. The van der Waals surface area contributed by atoms with Crippen LogP contribution in [-0.4, -0.2) is 34.8 Å². The lowest BCUT2D eigenvalue weighted by atomic mass is 9.92. The fourth-order valence-electron chi connectivity index (χ4n) is 3.00. The fraction of sp³-hybridized carbons (Fsp3) is 0.368. The van der Waals surface area contributed by atoms with Crippen molar-refractivity contribution in [3.8, 4) is 5.75 Å². The van der Waals surface area contributed by atoms with E-state index < -0.39 is 12.3 Å². The molecule has 1 aromatic carbocycles. The van der Waals surface area contributed by atoms with Crippen molar-refractivity contribution in [3.05, 3.63) is 48.2 Å². The second-order valence-electron chi connectivity index (χ2n) is 6.03. The zero-order chi connectivity index (χ0) is 17.1. The molecule has 1 aliphatic carbocycles. The summed E-state index contributed by atoms with van der Waals surface area (Å²) in [7, 11) is 0. The summed E-state index contributed by atoms with van der Waals surface area (Å²) in [5.41, 5.74) is 2.15. The molecule has 126 valence electrons. The molecule has 2 N–H and O–H groups in total. The number of nitrogens with one attached hydrogen (secondary N) is 1. The summed E-state index contributed by atoms with van der Waals surface area (Å²) in [6, 6.07) is 7.62. The fourth-order valence-corrected chi connectivity index (χ4v) is 3.00. The van der Waals surface area contributed by atoms with Crippen molar-refractivity contribution in [2.45, 2.75) is 38.5 Å². The Morgan fingerprint density at radius 1 is 1.42 bits per heavy atom. The smallest absolute Gasteiger partial charge is 0.176 e. The second-order valence-corrected chi connectivity index (χ2v) is 6.03. The maximum Gasteiger partial charge on any atom is 0.176 e. The Balaban J connectivity index is 2.11. The van der Waals surface area contributed by atoms with Gasteiger partial charge in [0.05, 0.1) is 16.8 Å². The first-order valence-electron chi connectivity index (χ1n) is 8.25. The van der Waals surface area contributed by atoms with Gasteiger partial charge in [-0.25, -0.2) is 0 Å². The minimum absolute atomic E-state index is 0.0533. The van der Waals surface area contributed by atoms with Crippen molar-refractivity contribution >= 4 is 16.7 Å². The predicted molar refractivity (Wildman–Crippen MR) is 93.3 cm³/mol. The van der Waals surface area contributed by atoms with E-state index >= 15 is 0 Å². The molecule has 2 atom stereocenters. The van der Waals surface area contributed by atoms with Crippen molar-refractivity contribution in [2.24, 2.45) is 0 Å². The van der Waals surface area contributed by atoms with Crippen molar-refractivity contribution in [1.29, 1.82) is 0 Å². The molecule has 5 heteroatoms. The molecular formula is C19H22N2O3. The maximum absolute atomic E-state index is 12.5.